The number of hydrogen-bond acceptors (Lipinski definition) is 6. The molecule has 136 valence electrons. The smallest absolute Gasteiger partial charge is 0.331 e. The van der Waals surface area contributed by atoms with Gasteiger partial charge in [-0.3, -0.25) is 4.79 Å². The molecule has 0 unspecified atom stereocenters. The number of ether oxygens (including phenoxy) is 2. The van der Waals surface area contributed by atoms with E-state index in [4.69, 9.17) is 9.47 Å². The van der Waals surface area contributed by atoms with Crippen LogP contribution in [0.5, 0.6) is 0 Å². The molecule has 6 nitrogen and oxygen atoms in total. The SMILES string of the molecule is COC(=O)[C@H](Cc1ccccc1)NC(=O)COC(=O)/C=C/c1cccs1. The monoisotopic (exact) mass is 373 g/mol. The van der Waals surface area contributed by atoms with Gasteiger partial charge in [0, 0.05) is 17.4 Å². The van der Waals surface area contributed by atoms with E-state index in [1.165, 1.54) is 24.5 Å². The molecule has 0 saturated heterocycles. The fourth-order valence-corrected chi connectivity index (χ4v) is 2.76. The molecule has 1 N–H and O–H groups in total. The summed E-state index contributed by atoms with van der Waals surface area (Å²) >= 11 is 1.48. The van der Waals surface area contributed by atoms with Crippen LogP contribution in [0.15, 0.2) is 53.9 Å². The molecule has 26 heavy (non-hydrogen) atoms. The first-order valence-corrected chi connectivity index (χ1v) is 8.76. The second-order valence-electron chi connectivity index (χ2n) is 5.29. The first-order chi connectivity index (χ1) is 12.6. The van der Waals surface area contributed by atoms with E-state index in [9.17, 15) is 14.4 Å². The van der Waals surface area contributed by atoms with Crippen molar-refractivity contribution in [1.29, 1.82) is 0 Å². The van der Waals surface area contributed by atoms with Crippen LogP contribution in [0.1, 0.15) is 10.4 Å². The number of carbonyl (C=O) groups excluding carboxylic acids is 3. The molecule has 0 aliphatic carbocycles. The summed E-state index contributed by atoms with van der Waals surface area (Å²) in [7, 11) is 1.25. The zero-order valence-electron chi connectivity index (χ0n) is 14.2. The van der Waals surface area contributed by atoms with Gasteiger partial charge in [-0.05, 0) is 23.1 Å². The highest BCUT2D eigenvalue weighted by atomic mass is 32.1. The van der Waals surface area contributed by atoms with Gasteiger partial charge in [-0.15, -0.1) is 11.3 Å². The van der Waals surface area contributed by atoms with E-state index in [2.05, 4.69) is 5.32 Å². The molecule has 1 atom stereocenters. The third-order valence-corrected chi connectivity index (χ3v) is 4.21. The van der Waals surface area contributed by atoms with Crippen molar-refractivity contribution in [3.63, 3.8) is 0 Å². The van der Waals surface area contributed by atoms with Crippen molar-refractivity contribution in [3.8, 4) is 0 Å². The van der Waals surface area contributed by atoms with Crippen molar-refractivity contribution >= 4 is 35.3 Å². The molecule has 2 aromatic rings. The van der Waals surface area contributed by atoms with Crippen molar-refractivity contribution in [2.45, 2.75) is 12.5 Å². The summed E-state index contributed by atoms with van der Waals surface area (Å²) < 4.78 is 9.60. The van der Waals surface area contributed by atoms with Gasteiger partial charge < -0.3 is 14.8 Å². The van der Waals surface area contributed by atoms with Gasteiger partial charge >= 0.3 is 11.9 Å². The lowest BCUT2D eigenvalue weighted by Gasteiger charge is -2.16. The quantitative estimate of drug-likeness (QED) is 0.567. The van der Waals surface area contributed by atoms with E-state index in [0.717, 1.165) is 10.4 Å². The summed E-state index contributed by atoms with van der Waals surface area (Å²) in [5.74, 6) is -1.77. The molecule has 2 rings (SSSR count). The van der Waals surface area contributed by atoms with Crippen LogP contribution in [-0.2, 0) is 30.3 Å². The fourth-order valence-electron chi connectivity index (χ4n) is 2.14. The predicted molar refractivity (Wildman–Crippen MR) is 98.4 cm³/mol. The van der Waals surface area contributed by atoms with Crippen molar-refractivity contribution in [2.24, 2.45) is 0 Å². The Hall–Kier alpha value is -2.93. The van der Waals surface area contributed by atoms with E-state index in [-0.39, 0.29) is 6.42 Å². The van der Waals surface area contributed by atoms with Crippen LogP contribution in [0, 0.1) is 0 Å². The van der Waals surface area contributed by atoms with Crippen LogP contribution in [0.2, 0.25) is 0 Å². The lowest BCUT2D eigenvalue weighted by Crippen LogP contribution is -2.44. The molecule has 1 amide bonds. The predicted octanol–water partition coefficient (Wildman–Crippen LogP) is 2.21. The number of amides is 1. The highest BCUT2D eigenvalue weighted by Crippen LogP contribution is 2.10. The normalized spacial score (nSPS) is 11.7. The number of nitrogens with one attached hydrogen (secondary N) is 1. The summed E-state index contributed by atoms with van der Waals surface area (Å²) in [6.45, 7) is -0.476. The van der Waals surface area contributed by atoms with Gasteiger partial charge in [-0.1, -0.05) is 36.4 Å². The maximum atomic E-state index is 12.0. The van der Waals surface area contributed by atoms with E-state index >= 15 is 0 Å². The van der Waals surface area contributed by atoms with Gasteiger partial charge in [-0.25, -0.2) is 9.59 Å². The second kappa shape index (κ2) is 10.1. The molecule has 0 aliphatic heterocycles. The minimum Gasteiger partial charge on any atom is -0.467 e. The molecule has 1 heterocycles. The Labute approximate surface area is 155 Å². The molecule has 7 heteroatoms. The van der Waals surface area contributed by atoms with Crippen molar-refractivity contribution < 1.29 is 23.9 Å². The molecule has 1 aromatic heterocycles. The van der Waals surface area contributed by atoms with E-state index < -0.39 is 30.5 Å². The maximum Gasteiger partial charge on any atom is 0.331 e. The third-order valence-electron chi connectivity index (χ3n) is 3.38. The number of methoxy groups -OCH3 is 1. The molecule has 0 radical (unpaired) electrons. The minimum absolute atomic E-state index is 0.283. The maximum absolute atomic E-state index is 12.0. The Morgan fingerprint density at radius 2 is 1.92 bits per heavy atom. The van der Waals surface area contributed by atoms with E-state index in [1.807, 2.05) is 47.8 Å². The molecule has 1 aromatic carbocycles. The van der Waals surface area contributed by atoms with Crippen LogP contribution in [0.4, 0.5) is 0 Å². The fraction of sp³-hybridized carbons (Fsp3) is 0.211. The summed E-state index contributed by atoms with van der Waals surface area (Å²) in [5, 5.41) is 4.42. The van der Waals surface area contributed by atoms with E-state index in [0.29, 0.717) is 0 Å². The Kier molecular flexibility index (Phi) is 7.57. The second-order valence-corrected chi connectivity index (χ2v) is 6.27. The van der Waals surface area contributed by atoms with Crippen LogP contribution in [0.25, 0.3) is 6.08 Å². The number of esters is 2. The highest BCUT2D eigenvalue weighted by molar-refractivity contribution is 7.10. The number of carbonyl (C=O) groups is 3. The summed E-state index contributed by atoms with van der Waals surface area (Å²) in [4.78, 5) is 36.4. The van der Waals surface area contributed by atoms with Gasteiger partial charge in [0.2, 0.25) is 0 Å². The molecule has 0 aliphatic rings. The molecular weight excluding hydrogens is 354 g/mol. The third kappa shape index (κ3) is 6.52. The zero-order valence-corrected chi connectivity index (χ0v) is 15.0. The molecule has 0 spiro atoms. The van der Waals surface area contributed by atoms with Crippen molar-refractivity contribution in [2.75, 3.05) is 13.7 Å². The van der Waals surface area contributed by atoms with Crippen LogP contribution in [0.3, 0.4) is 0 Å². The summed E-state index contributed by atoms with van der Waals surface area (Å²) in [6, 6.07) is 12.1. The Morgan fingerprint density at radius 1 is 1.15 bits per heavy atom. The Balaban J connectivity index is 1.84. The van der Waals surface area contributed by atoms with Crippen LogP contribution >= 0.6 is 11.3 Å². The van der Waals surface area contributed by atoms with Gasteiger partial charge in [0.05, 0.1) is 7.11 Å². The number of benzene rings is 1. The molecule has 0 bridgehead atoms. The topological polar surface area (TPSA) is 81.7 Å². The first kappa shape index (κ1) is 19.4. The number of rotatable bonds is 8. The lowest BCUT2D eigenvalue weighted by atomic mass is 10.1. The van der Waals surface area contributed by atoms with E-state index in [1.54, 1.807) is 6.08 Å². The average molecular weight is 373 g/mol. The number of hydrogen-bond donors (Lipinski definition) is 1. The standard InChI is InChI=1S/C19H19NO5S/c1-24-19(23)16(12-14-6-3-2-4-7-14)20-17(21)13-25-18(22)10-9-15-8-5-11-26-15/h2-11,16H,12-13H2,1H3,(H,20,21)/b10-9+/t16-/m0/s1. The lowest BCUT2D eigenvalue weighted by molar-refractivity contribution is -0.147. The molecule has 0 fully saturated rings. The highest BCUT2D eigenvalue weighted by Gasteiger charge is 2.22. The Morgan fingerprint density at radius 3 is 2.58 bits per heavy atom. The Bertz CT molecular complexity index is 756. The largest absolute Gasteiger partial charge is 0.467 e. The summed E-state index contributed by atoms with van der Waals surface area (Å²) in [6.07, 6.45) is 3.14. The van der Waals surface area contributed by atoms with Gasteiger partial charge in [0.15, 0.2) is 6.61 Å². The van der Waals surface area contributed by atoms with Gasteiger partial charge in [0.25, 0.3) is 5.91 Å². The number of thiophene rings is 1. The van der Waals surface area contributed by atoms with Crippen LogP contribution in [-0.4, -0.2) is 37.6 Å². The van der Waals surface area contributed by atoms with Crippen LogP contribution < -0.4 is 5.32 Å². The minimum atomic E-state index is -0.852. The molecular formula is C19H19NO5S. The summed E-state index contributed by atoms with van der Waals surface area (Å²) in [5.41, 5.74) is 0.874. The zero-order chi connectivity index (χ0) is 18.8. The van der Waals surface area contributed by atoms with Crippen molar-refractivity contribution in [3.05, 3.63) is 64.4 Å². The average Bonchev–Trinajstić information content (AvgIpc) is 3.18. The van der Waals surface area contributed by atoms with Crippen molar-refractivity contribution in [1.82, 2.24) is 5.32 Å². The first-order valence-electron chi connectivity index (χ1n) is 7.88. The van der Waals surface area contributed by atoms with Gasteiger partial charge in [-0.2, -0.15) is 0 Å². The molecule has 0 saturated carbocycles. The van der Waals surface area contributed by atoms with Gasteiger partial charge in [0.1, 0.15) is 6.04 Å².